The number of likely N-dealkylation sites (N-methyl/N-ethyl adjacent to an activating group) is 1. The molecule has 0 bridgehead atoms. The fraction of sp³-hybridized carbons (Fsp3) is 0.688. The summed E-state index contributed by atoms with van der Waals surface area (Å²) in [4.78, 5) is 24.4. The van der Waals surface area contributed by atoms with E-state index in [-0.39, 0.29) is 5.91 Å². The lowest BCUT2D eigenvalue weighted by Gasteiger charge is -2.32. The Morgan fingerprint density at radius 3 is 3.00 bits per heavy atom. The van der Waals surface area contributed by atoms with Crippen LogP contribution in [0.5, 0.6) is 0 Å². The van der Waals surface area contributed by atoms with Gasteiger partial charge < -0.3 is 15.1 Å². The van der Waals surface area contributed by atoms with Crippen LogP contribution in [0.15, 0.2) is 12.4 Å². The Morgan fingerprint density at radius 1 is 1.35 bits per heavy atom. The molecule has 1 N–H and O–H groups in total. The maximum absolute atomic E-state index is 11.9. The molecule has 1 aromatic heterocycles. The molecule has 2 heterocycles. The molecule has 2 unspecified atom stereocenters. The van der Waals surface area contributed by atoms with Gasteiger partial charge in [0.15, 0.2) is 0 Å². The predicted molar refractivity (Wildman–Crippen MR) is 95.1 cm³/mol. The molecule has 2 fully saturated rings. The number of hydrogen-bond donors (Lipinski definition) is 1. The van der Waals surface area contributed by atoms with Gasteiger partial charge in [0.1, 0.15) is 18.0 Å². The van der Waals surface area contributed by atoms with Crippen molar-refractivity contribution in [2.24, 2.45) is 0 Å². The molecule has 0 radical (unpaired) electrons. The Morgan fingerprint density at radius 2 is 2.22 bits per heavy atom. The van der Waals surface area contributed by atoms with Gasteiger partial charge in [0, 0.05) is 37.5 Å². The van der Waals surface area contributed by atoms with Gasteiger partial charge in [0.25, 0.3) is 0 Å². The highest BCUT2D eigenvalue weighted by molar-refractivity contribution is 7.99. The summed E-state index contributed by atoms with van der Waals surface area (Å²) in [7, 11) is 1.85. The molecular weight excluding hydrogens is 310 g/mol. The van der Waals surface area contributed by atoms with E-state index in [1.807, 2.05) is 29.8 Å². The highest BCUT2D eigenvalue weighted by Crippen LogP contribution is 2.32. The van der Waals surface area contributed by atoms with Crippen LogP contribution in [-0.2, 0) is 4.79 Å². The maximum Gasteiger partial charge on any atom is 0.241 e. The van der Waals surface area contributed by atoms with Crippen molar-refractivity contribution in [3.8, 4) is 0 Å². The van der Waals surface area contributed by atoms with Crippen LogP contribution in [0.4, 0.5) is 11.6 Å². The molecule has 1 amide bonds. The molecule has 0 aromatic carbocycles. The van der Waals surface area contributed by atoms with Crippen molar-refractivity contribution < 1.29 is 4.79 Å². The standard InChI is InChI=1S/C16H25N5OS/c1-3-23-13-6-4-5-12(13)19-14-9-15(18-11-17-14)21-8-7-20(2)16(22)10-21/h9,11-13H,3-8,10H2,1-2H3,(H,17,18,19). The number of carbonyl (C=O) groups is 1. The van der Waals surface area contributed by atoms with Crippen molar-refractivity contribution in [2.75, 3.05) is 42.7 Å². The smallest absolute Gasteiger partial charge is 0.241 e. The Bertz CT molecular complexity index is 555. The summed E-state index contributed by atoms with van der Waals surface area (Å²) in [5.74, 6) is 3.00. The third kappa shape index (κ3) is 3.88. The van der Waals surface area contributed by atoms with E-state index in [4.69, 9.17) is 0 Å². The van der Waals surface area contributed by atoms with Crippen molar-refractivity contribution in [3.05, 3.63) is 12.4 Å². The molecular formula is C16H25N5OS. The first-order chi connectivity index (χ1) is 11.2. The van der Waals surface area contributed by atoms with Crippen molar-refractivity contribution in [2.45, 2.75) is 37.5 Å². The molecule has 23 heavy (non-hydrogen) atoms. The van der Waals surface area contributed by atoms with E-state index in [0.29, 0.717) is 17.8 Å². The fourth-order valence-electron chi connectivity index (χ4n) is 3.25. The van der Waals surface area contributed by atoms with Crippen molar-refractivity contribution in [1.29, 1.82) is 0 Å². The lowest BCUT2D eigenvalue weighted by Crippen LogP contribution is -2.48. The van der Waals surface area contributed by atoms with Gasteiger partial charge >= 0.3 is 0 Å². The Balaban J connectivity index is 1.67. The molecule has 1 aliphatic carbocycles. The second-order valence-corrected chi connectivity index (χ2v) is 7.69. The van der Waals surface area contributed by atoms with Crippen LogP contribution in [-0.4, -0.2) is 64.5 Å². The molecule has 1 aromatic rings. The minimum atomic E-state index is 0.138. The molecule has 1 saturated heterocycles. The number of rotatable bonds is 5. The number of amides is 1. The van der Waals surface area contributed by atoms with Crippen LogP contribution < -0.4 is 10.2 Å². The van der Waals surface area contributed by atoms with E-state index < -0.39 is 0 Å². The zero-order valence-electron chi connectivity index (χ0n) is 13.9. The SMILES string of the molecule is CCSC1CCCC1Nc1cc(N2CCN(C)C(=O)C2)ncn1. The number of hydrogen-bond acceptors (Lipinski definition) is 6. The Labute approximate surface area is 142 Å². The summed E-state index contributed by atoms with van der Waals surface area (Å²) in [5.41, 5.74) is 0. The van der Waals surface area contributed by atoms with Crippen LogP contribution in [0.1, 0.15) is 26.2 Å². The number of carbonyl (C=O) groups excluding carboxylic acids is 1. The van der Waals surface area contributed by atoms with Gasteiger partial charge in [-0.25, -0.2) is 9.97 Å². The van der Waals surface area contributed by atoms with Crippen LogP contribution in [0.25, 0.3) is 0 Å². The molecule has 0 spiro atoms. The fourth-order valence-corrected chi connectivity index (χ4v) is 4.45. The van der Waals surface area contributed by atoms with Crippen molar-refractivity contribution in [3.63, 3.8) is 0 Å². The Kier molecular flexibility index (Phi) is 5.25. The van der Waals surface area contributed by atoms with Gasteiger partial charge in [0.05, 0.1) is 6.54 Å². The van der Waals surface area contributed by atoms with Gasteiger partial charge in [-0.2, -0.15) is 11.8 Å². The van der Waals surface area contributed by atoms with Gasteiger partial charge in [0.2, 0.25) is 5.91 Å². The van der Waals surface area contributed by atoms with E-state index in [0.717, 1.165) is 30.5 Å². The topological polar surface area (TPSA) is 61.4 Å². The average molecular weight is 335 g/mol. The molecule has 3 rings (SSSR count). The van der Waals surface area contributed by atoms with E-state index in [9.17, 15) is 4.79 Å². The van der Waals surface area contributed by atoms with Gasteiger partial charge in [-0.3, -0.25) is 4.79 Å². The maximum atomic E-state index is 11.9. The second-order valence-electron chi connectivity index (χ2n) is 6.17. The quantitative estimate of drug-likeness (QED) is 0.886. The highest BCUT2D eigenvalue weighted by Gasteiger charge is 2.28. The van der Waals surface area contributed by atoms with E-state index in [1.165, 1.54) is 19.3 Å². The minimum absolute atomic E-state index is 0.138. The zero-order valence-corrected chi connectivity index (χ0v) is 14.7. The number of anilines is 2. The van der Waals surface area contributed by atoms with E-state index >= 15 is 0 Å². The molecule has 126 valence electrons. The first-order valence-corrected chi connectivity index (χ1v) is 9.41. The molecule has 1 aliphatic heterocycles. The van der Waals surface area contributed by atoms with Gasteiger partial charge in [-0.15, -0.1) is 0 Å². The van der Waals surface area contributed by atoms with Gasteiger partial charge in [-0.05, 0) is 18.6 Å². The third-order valence-electron chi connectivity index (χ3n) is 4.60. The molecule has 2 atom stereocenters. The average Bonchev–Trinajstić information content (AvgIpc) is 2.98. The van der Waals surface area contributed by atoms with E-state index in [1.54, 1.807) is 11.2 Å². The lowest BCUT2D eigenvalue weighted by atomic mass is 10.2. The number of piperazine rings is 1. The lowest BCUT2D eigenvalue weighted by molar-refractivity contribution is -0.129. The number of thioether (sulfide) groups is 1. The summed E-state index contributed by atoms with van der Waals surface area (Å²) in [6.45, 7) is 4.16. The number of nitrogens with one attached hydrogen (secondary N) is 1. The third-order valence-corrected chi connectivity index (χ3v) is 5.93. The number of aromatic nitrogens is 2. The number of nitrogens with zero attached hydrogens (tertiary/aromatic N) is 4. The molecule has 2 aliphatic rings. The monoisotopic (exact) mass is 335 g/mol. The largest absolute Gasteiger partial charge is 0.366 e. The van der Waals surface area contributed by atoms with Crippen molar-refractivity contribution in [1.82, 2.24) is 14.9 Å². The molecule has 1 saturated carbocycles. The summed E-state index contributed by atoms with van der Waals surface area (Å²) in [6.07, 6.45) is 5.35. The molecule has 6 nitrogen and oxygen atoms in total. The minimum Gasteiger partial charge on any atom is -0.366 e. The summed E-state index contributed by atoms with van der Waals surface area (Å²) in [6, 6.07) is 2.46. The molecule has 7 heteroatoms. The summed E-state index contributed by atoms with van der Waals surface area (Å²) < 4.78 is 0. The second kappa shape index (κ2) is 7.38. The summed E-state index contributed by atoms with van der Waals surface area (Å²) >= 11 is 2.03. The summed E-state index contributed by atoms with van der Waals surface area (Å²) in [5, 5.41) is 4.25. The van der Waals surface area contributed by atoms with Crippen LogP contribution in [0.3, 0.4) is 0 Å². The van der Waals surface area contributed by atoms with Crippen LogP contribution >= 0.6 is 11.8 Å². The van der Waals surface area contributed by atoms with Crippen LogP contribution in [0.2, 0.25) is 0 Å². The normalized spacial score (nSPS) is 25.0. The van der Waals surface area contributed by atoms with Crippen molar-refractivity contribution >= 4 is 29.3 Å². The zero-order chi connectivity index (χ0) is 16.2. The first-order valence-electron chi connectivity index (χ1n) is 8.36. The predicted octanol–water partition coefficient (Wildman–Crippen LogP) is 1.84. The van der Waals surface area contributed by atoms with Crippen LogP contribution in [0, 0.1) is 0 Å². The Hall–Kier alpha value is -1.50. The van der Waals surface area contributed by atoms with Gasteiger partial charge in [-0.1, -0.05) is 13.3 Å². The highest BCUT2D eigenvalue weighted by atomic mass is 32.2. The first kappa shape index (κ1) is 16.4. The van der Waals surface area contributed by atoms with E-state index in [2.05, 4.69) is 22.2 Å².